The van der Waals surface area contributed by atoms with E-state index in [0.717, 1.165) is 36.2 Å². The topological polar surface area (TPSA) is 49.8 Å². The molecule has 1 aromatic rings. The third-order valence-electron chi connectivity index (χ3n) is 2.59. The molecule has 0 aliphatic carbocycles. The maximum atomic E-state index is 4.60. The Morgan fingerprint density at radius 2 is 2.06 bits per heavy atom. The summed E-state index contributed by atoms with van der Waals surface area (Å²) in [5.41, 5.74) is 2.45. The highest BCUT2D eigenvalue weighted by atomic mass is 32.2. The van der Waals surface area contributed by atoms with Crippen LogP contribution in [0.25, 0.3) is 0 Å². The molecule has 2 N–H and O–H groups in total. The molecule has 0 aromatic carbocycles. The third kappa shape index (κ3) is 3.10. The van der Waals surface area contributed by atoms with Crippen LogP contribution in [0.2, 0.25) is 0 Å². The van der Waals surface area contributed by atoms with Gasteiger partial charge in [0.2, 0.25) is 0 Å². The van der Waals surface area contributed by atoms with E-state index in [1.807, 2.05) is 6.26 Å². The van der Waals surface area contributed by atoms with Crippen molar-refractivity contribution < 1.29 is 0 Å². The summed E-state index contributed by atoms with van der Waals surface area (Å²) in [5, 5.41) is 7.69. The second-order valence-electron chi connectivity index (χ2n) is 5.29. The number of hydrogen-bond donors (Lipinski definition) is 2. The van der Waals surface area contributed by atoms with Crippen molar-refractivity contribution in [1.82, 2.24) is 15.3 Å². The van der Waals surface area contributed by atoms with E-state index in [1.54, 1.807) is 11.8 Å². The van der Waals surface area contributed by atoms with Crippen molar-refractivity contribution in [2.24, 2.45) is 0 Å². The van der Waals surface area contributed by atoms with Crippen LogP contribution in [-0.4, -0.2) is 28.3 Å². The highest BCUT2D eigenvalue weighted by Gasteiger charge is 2.20. The summed E-state index contributed by atoms with van der Waals surface area (Å²) in [6.07, 6.45) is 3.02. The first kappa shape index (κ1) is 12.6. The van der Waals surface area contributed by atoms with E-state index in [0.29, 0.717) is 0 Å². The van der Waals surface area contributed by atoms with Crippen LogP contribution in [0, 0.1) is 0 Å². The van der Waals surface area contributed by atoms with Crippen LogP contribution < -0.4 is 10.6 Å². The molecule has 0 bridgehead atoms. The van der Waals surface area contributed by atoms with Gasteiger partial charge in [-0.25, -0.2) is 9.97 Å². The SMILES string of the molecule is CSc1nc2c(c(NC(C)(C)C)n1)CCNC2. The smallest absolute Gasteiger partial charge is 0.189 e. The number of nitrogens with zero attached hydrogens (tertiary/aromatic N) is 2. The Bertz CT molecular complexity index is 412. The first-order valence-electron chi connectivity index (χ1n) is 5.92. The van der Waals surface area contributed by atoms with Gasteiger partial charge in [-0.15, -0.1) is 0 Å². The second-order valence-corrected chi connectivity index (χ2v) is 6.06. The maximum absolute atomic E-state index is 4.60. The van der Waals surface area contributed by atoms with Gasteiger partial charge in [0.1, 0.15) is 5.82 Å². The molecule has 4 nitrogen and oxygen atoms in total. The van der Waals surface area contributed by atoms with Crippen molar-refractivity contribution in [2.75, 3.05) is 18.1 Å². The molecule has 2 rings (SSSR count). The van der Waals surface area contributed by atoms with Crippen molar-refractivity contribution in [1.29, 1.82) is 0 Å². The Morgan fingerprint density at radius 3 is 2.71 bits per heavy atom. The van der Waals surface area contributed by atoms with Crippen molar-refractivity contribution in [3.8, 4) is 0 Å². The van der Waals surface area contributed by atoms with Gasteiger partial charge < -0.3 is 10.6 Å². The number of hydrogen-bond acceptors (Lipinski definition) is 5. The molecule has 1 aliphatic heterocycles. The molecule has 0 spiro atoms. The molecule has 1 aliphatic rings. The number of aromatic nitrogens is 2. The minimum atomic E-state index is 0.0304. The quantitative estimate of drug-likeness (QED) is 0.623. The first-order valence-corrected chi connectivity index (χ1v) is 7.15. The van der Waals surface area contributed by atoms with Crippen molar-refractivity contribution in [2.45, 2.75) is 44.4 Å². The Hall–Kier alpha value is -0.810. The molecule has 1 aromatic heterocycles. The summed E-state index contributed by atoms with van der Waals surface area (Å²) in [7, 11) is 0. The molecule has 5 heteroatoms. The van der Waals surface area contributed by atoms with Gasteiger partial charge >= 0.3 is 0 Å². The summed E-state index contributed by atoms with van der Waals surface area (Å²) in [5.74, 6) is 1.01. The normalized spacial score (nSPS) is 15.5. The molecule has 0 amide bonds. The lowest BCUT2D eigenvalue weighted by Gasteiger charge is -2.26. The Kier molecular flexibility index (Phi) is 3.58. The molecule has 2 heterocycles. The number of thioether (sulfide) groups is 1. The van der Waals surface area contributed by atoms with Gasteiger partial charge in [0.25, 0.3) is 0 Å². The van der Waals surface area contributed by atoms with Crippen molar-refractivity contribution >= 4 is 17.6 Å². The highest BCUT2D eigenvalue weighted by molar-refractivity contribution is 7.98. The highest BCUT2D eigenvalue weighted by Crippen LogP contribution is 2.25. The molecule has 0 atom stereocenters. The second kappa shape index (κ2) is 4.82. The molecule has 0 saturated heterocycles. The Labute approximate surface area is 107 Å². The molecule has 94 valence electrons. The number of fused-ring (bicyclic) bond motifs is 1. The Balaban J connectivity index is 2.41. The largest absolute Gasteiger partial charge is 0.365 e. The van der Waals surface area contributed by atoms with Crippen LogP contribution >= 0.6 is 11.8 Å². The standard InChI is InChI=1S/C12H20N4S/c1-12(2,3)16-10-8-5-6-13-7-9(8)14-11(15-10)17-4/h13H,5-7H2,1-4H3,(H,14,15,16). The van der Waals surface area contributed by atoms with E-state index in [4.69, 9.17) is 0 Å². The summed E-state index contributed by atoms with van der Waals surface area (Å²) >= 11 is 1.59. The zero-order chi connectivity index (χ0) is 12.5. The fraction of sp³-hybridized carbons (Fsp3) is 0.667. The predicted molar refractivity (Wildman–Crippen MR) is 72.6 cm³/mol. The lowest BCUT2D eigenvalue weighted by Crippen LogP contribution is -2.31. The third-order valence-corrected chi connectivity index (χ3v) is 3.14. The van der Waals surface area contributed by atoms with Crippen LogP contribution in [0.1, 0.15) is 32.0 Å². The fourth-order valence-electron chi connectivity index (χ4n) is 1.89. The van der Waals surface area contributed by atoms with Gasteiger partial charge in [0, 0.05) is 17.6 Å². The van der Waals surface area contributed by atoms with E-state index in [2.05, 4.69) is 41.4 Å². The first-order chi connectivity index (χ1) is 7.99. The van der Waals surface area contributed by atoms with Crippen LogP contribution in [0.4, 0.5) is 5.82 Å². The number of rotatable bonds is 2. The number of anilines is 1. The van der Waals surface area contributed by atoms with E-state index < -0.39 is 0 Å². The van der Waals surface area contributed by atoms with E-state index in [-0.39, 0.29) is 5.54 Å². The monoisotopic (exact) mass is 252 g/mol. The van der Waals surface area contributed by atoms with Crippen molar-refractivity contribution in [3.63, 3.8) is 0 Å². The van der Waals surface area contributed by atoms with Gasteiger partial charge in [-0.2, -0.15) is 0 Å². The molecular weight excluding hydrogens is 232 g/mol. The predicted octanol–water partition coefficient (Wildman–Crippen LogP) is 2.05. The Morgan fingerprint density at radius 1 is 1.29 bits per heavy atom. The molecule has 0 radical (unpaired) electrons. The average Bonchev–Trinajstić information content (AvgIpc) is 2.26. The minimum absolute atomic E-state index is 0.0304. The van der Waals surface area contributed by atoms with Gasteiger partial charge in [0.15, 0.2) is 5.16 Å². The fourth-order valence-corrected chi connectivity index (χ4v) is 2.27. The maximum Gasteiger partial charge on any atom is 0.189 e. The van der Waals surface area contributed by atoms with Gasteiger partial charge in [0.05, 0.1) is 5.69 Å². The van der Waals surface area contributed by atoms with Crippen molar-refractivity contribution in [3.05, 3.63) is 11.3 Å². The zero-order valence-corrected chi connectivity index (χ0v) is 11.7. The summed E-state index contributed by atoms with van der Waals surface area (Å²) < 4.78 is 0. The van der Waals surface area contributed by atoms with Crippen LogP contribution in [-0.2, 0) is 13.0 Å². The summed E-state index contributed by atoms with van der Waals surface area (Å²) in [4.78, 5) is 9.17. The summed E-state index contributed by atoms with van der Waals surface area (Å²) in [6, 6.07) is 0. The molecule has 0 unspecified atom stereocenters. The summed E-state index contributed by atoms with van der Waals surface area (Å²) in [6.45, 7) is 8.32. The van der Waals surface area contributed by atoms with Crippen LogP contribution in [0.15, 0.2) is 5.16 Å². The molecule has 17 heavy (non-hydrogen) atoms. The molecular formula is C12H20N4S. The lowest BCUT2D eigenvalue weighted by molar-refractivity contribution is 0.596. The van der Waals surface area contributed by atoms with Crippen LogP contribution in [0.3, 0.4) is 0 Å². The van der Waals surface area contributed by atoms with Gasteiger partial charge in [-0.1, -0.05) is 11.8 Å². The van der Waals surface area contributed by atoms with E-state index in [1.165, 1.54) is 5.56 Å². The average molecular weight is 252 g/mol. The van der Waals surface area contributed by atoms with Gasteiger partial charge in [-0.05, 0) is 40.0 Å². The lowest BCUT2D eigenvalue weighted by atomic mass is 10.0. The van der Waals surface area contributed by atoms with E-state index in [9.17, 15) is 0 Å². The molecule has 0 fully saturated rings. The zero-order valence-electron chi connectivity index (χ0n) is 10.9. The van der Waals surface area contributed by atoms with Crippen LogP contribution in [0.5, 0.6) is 0 Å². The van der Waals surface area contributed by atoms with Gasteiger partial charge in [-0.3, -0.25) is 0 Å². The number of nitrogens with one attached hydrogen (secondary N) is 2. The minimum Gasteiger partial charge on any atom is -0.365 e. The van der Waals surface area contributed by atoms with E-state index >= 15 is 0 Å². The molecule has 0 saturated carbocycles.